The van der Waals surface area contributed by atoms with Crippen molar-refractivity contribution in [3.8, 4) is 0 Å². The molecule has 0 bridgehead atoms. The van der Waals surface area contributed by atoms with Crippen molar-refractivity contribution >= 4 is 5.91 Å². The molecule has 2 aliphatic rings. The molecule has 3 N–H and O–H groups in total. The summed E-state index contributed by atoms with van der Waals surface area (Å²) < 4.78 is 0. The molecule has 2 aliphatic heterocycles. The normalized spacial score (nSPS) is 19.8. The van der Waals surface area contributed by atoms with Gasteiger partial charge in [0.25, 0.3) is 0 Å². The van der Waals surface area contributed by atoms with Crippen molar-refractivity contribution in [1.29, 1.82) is 0 Å². The Morgan fingerprint density at radius 2 is 2.04 bits per heavy atom. The van der Waals surface area contributed by atoms with Crippen LogP contribution in [0.5, 0.6) is 0 Å². The Morgan fingerprint density at radius 1 is 1.36 bits per heavy atom. The van der Waals surface area contributed by atoms with Gasteiger partial charge in [-0.1, -0.05) is 24.1 Å². The lowest BCUT2D eigenvalue weighted by Gasteiger charge is -2.26. The molecule has 142 valence electrons. The van der Waals surface area contributed by atoms with Gasteiger partial charge in [-0.15, -0.1) is 6.58 Å². The van der Waals surface area contributed by atoms with Crippen LogP contribution in [0, 0.1) is 0 Å². The van der Waals surface area contributed by atoms with Crippen LogP contribution in [0.3, 0.4) is 0 Å². The standard InChI is InChI=1S/C15H26N4O.C5H10/c1-2-7-13-12-14(18-17-13)16-15(20)8-6-11-19-9-4-3-5-10-19;1-4-5(2)3/h2,12-13,17-18H,1,3-11H2,(H,16,20);4H,1-3H3. The number of carbonyl (C=O) groups excluding carboxylic acids is 1. The van der Waals surface area contributed by atoms with Crippen LogP contribution in [0.15, 0.2) is 36.2 Å². The molecule has 2 heterocycles. The first-order valence-electron chi connectivity index (χ1n) is 9.51. The third kappa shape index (κ3) is 10.1. The van der Waals surface area contributed by atoms with Gasteiger partial charge < -0.3 is 15.6 Å². The zero-order valence-electron chi connectivity index (χ0n) is 16.2. The predicted molar refractivity (Wildman–Crippen MR) is 106 cm³/mol. The number of hydrogen-bond donors (Lipinski definition) is 3. The Bertz CT molecular complexity index is 460. The number of nitrogens with zero attached hydrogens (tertiary/aromatic N) is 1. The first-order valence-corrected chi connectivity index (χ1v) is 9.51. The van der Waals surface area contributed by atoms with Gasteiger partial charge in [0.1, 0.15) is 5.82 Å². The number of amides is 1. The number of likely N-dealkylation sites (tertiary alicyclic amines) is 1. The first-order chi connectivity index (χ1) is 12.0. The van der Waals surface area contributed by atoms with E-state index in [9.17, 15) is 4.79 Å². The SMILES string of the molecule is C=CCC1C=C(NC(=O)CCCN2CCCCC2)NN1.CC=C(C)C. The van der Waals surface area contributed by atoms with Gasteiger partial charge in [-0.3, -0.25) is 4.79 Å². The van der Waals surface area contributed by atoms with Crippen LogP contribution in [0.4, 0.5) is 0 Å². The number of carbonyl (C=O) groups is 1. The fourth-order valence-electron chi connectivity index (χ4n) is 2.69. The highest BCUT2D eigenvalue weighted by molar-refractivity contribution is 5.77. The molecule has 0 aromatic rings. The Hall–Kier alpha value is -1.59. The molecule has 0 aromatic carbocycles. The van der Waals surface area contributed by atoms with Crippen LogP contribution < -0.4 is 16.2 Å². The van der Waals surface area contributed by atoms with E-state index in [0.29, 0.717) is 6.42 Å². The lowest BCUT2D eigenvalue weighted by Crippen LogP contribution is -2.37. The monoisotopic (exact) mass is 348 g/mol. The summed E-state index contributed by atoms with van der Waals surface area (Å²) in [6.45, 7) is 13.3. The summed E-state index contributed by atoms with van der Waals surface area (Å²) in [4.78, 5) is 14.3. The van der Waals surface area contributed by atoms with Crippen molar-refractivity contribution in [3.63, 3.8) is 0 Å². The second-order valence-corrected chi connectivity index (χ2v) is 6.90. The minimum atomic E-state index is 0.0850. The van der Waals surface area contributed by atoms with Gasteiger partial charge in [0.05, 0.1) is 6.04 Å². The highest BCUT2D eigenvalue weighted by atomic mass is 16.1. The van der Waals surface area contributed by atoms with Gasteiger partial charge in [-0.2, -0.15) is 0 Å². The van der Waals surface area contributed by atoms with Gasteiger partial charge >= 0.3 is 0 Å². The fraction of sp³-hybridized carbons (Fsp3) is 0.650. The fourth-order valence-corrected chi connectivity index (χ4v) is 2.69. The summed E-state index contributed by atoms with van der Waals surface area (Å²) in [5.74, 6) is 0.849. The second kappa shape index (κ2) is 12.7. The summed E-state index contributed by atoms with van der Waals surface area (Å²) in [6, 6.07) is 0.219. The van der Waals surface area contributed by atoms with Crippen molar-refractivity contribution in [1.82, 2.24) is 21.1 Å². The maximum absolute atomic E-state index is 11.8. The van der Waals surface area contributed by atoms with Gasteiger partial charge in [0.15, 0.2) is 0 Å². The van der Waals surface area contributed by atoms with E-state index in [2.05, 4.69) is 47.6 Å². The summed E-state index contributed by atoms with van der Waals surface area (Å²) in [5, 5.41) is 2.90. The lowest BCUT2D eigenvalue weighted by molar-refractivity contribution is -0.120. The average Bonchev–Trinajstić information content (AvgIpc) is 3.03. The third-order valence-corrected chi connectivity index (χ3v) is 4.36. The van der Waals surface area contributed by atoms with Crippen LogP contribution in [-0.2, 0) is 4.79 Å². The van der Waals surface area contributed by atoms with Gasteiger partial charge in [0, 0.05) is 6.42 Å². The maximum atomic E-state index is 11.8. The zero-order chi connectivity index (χ0) is 18.5. The van der Waals surface area contributed by atoms with Crippen LogP contribution in [-0.4, -0.2) is 36.5 Å². The van der Waals surface area contributed by atoms with Crippen molar-refractivity contribution in [3.05, 3.63) is 36.2 Å². The second-order valence-electron chi connectivity index (χ2n) is 6.90. The highest BCUT2D eigenvalue weighted by Crippen LogP contribution is 2.09. The van der Waals surface area contributed by atoms with Crippen molar-refractivity contribution < 1.29 is 4.79 Å². The number of piperidine rings is 1. The number of rotatable bonds is 7. The van der Waals surface area contributed by atoms with E-state index in [1.54, 1.807) is 0 Å². The molecule has 0 aromatic heterocycles. The van der Waals surface area contributed by atoms with Crippen LogP contribution in [0.2, 0.25) is 0 Å². The highest BCUT2D eigenvalue weighted by Gasteiger charge is 2.15. The maximum Gasteiger partial charge on any atom is 0.225 e. The van der Waals surface area contributed by atoms with Crippen molar-refractivity contribution in [2.75, 3.05) is 19.6 Å². The van der Waals surface area contributed by atoms with E-state index in [-0.39, 0.29) is 11.9 Å². The zero-order valence-corrected chi connectivity index (χ0v) is 16.2. The van der Waals surface area contributed by atoms with E-state index in [0.717, 1.165) is 25.2 Å². The summed E-state index contributed by atoms with van der Waals surface area (Å²) >= 11 is 0. The number of hydrazine groups is 1. The Labute approximate surface area is 153 Å². The minimum Gasteiger partial charge on any atom is -0.312 e. The average molecular weight is 349 g/mol. The third-order valence-electron chi connectivity index (χ3n) is 4.36. The topological polar surface area (TPSA) is 56.4 Å². The van der Waals surface area contributed by atoms with E-state index in [4.69, 9.17) is 0 Å². The Balaban J connectivity index is 0.000000550. The molecule has 0 saturated carbocycles. The van der Waals surface area contributed by atoms with E-state index >= 15 is 0 Å². The van der Waals surface area contributed by atoms with Gasteiger partial charge in [0.2, 0.25) is 5.91 Å². The van der Waals surface area contributed by atoms with Crippen molar-refractivity contribution in [2.45, 2.75) is 65.3 Å². The Morgan fingerprint density at radius 3 is 2.64 bits per heavy atom. The predicted octanol–water partition coefficient (Wildman–Crippen LogP) is 3.24. The molecule has 5 heteroatoms. The lowest BCUT2D eigenvalue weighted by atomic mass is 10.1. The Kier molecular flexibility index (Phi) is 10.9. The molecular formula is C20H36N4O. The van der Waals surface area contributed by atoms with E-state index < -0.39 is 0 Å². The molecule has 2 rings (SSSR count). The molecule has 0 aliphatic carbocycles. The van der Waals surface area contributed by atoms with E-state index in [1.165, 1.54) is 37.9 Å². The molecule has 1 saturated heterocycles. The molecule has 0 spiro atoms. The quantitative estimate of drug-likeness (QED) is 0.618. The number of hydrogen-bond acceptors (Lipinski definition) is 4. The van der Waals surface area contributed by atoms with E-state index in [1.807, 2.05) is 19.1 Å². The molecule has 5 nitrogen and oxygen atoms in total. The molecular weight excluding hydrogens is 312 g/mol. The first kappa shape index (κ1) is 21.5. The summed E-state index contributed by atoms with van der Waals surface area (Å²) in [6.07, 6.45) is 12.3. The summed E-state index contributed by atoms with van der Waals surface area (Å²) in [5.41, 5.74) is 7.45. The largest absolute Gasteiger partial charge is 0.312 e. The molecule has 1 atom stereocenters. The molecule has 25 heavy (non-hydrogen) atoms. The number of nitrogens with one attached hydrogen (secondary N) is 3. The van der Waals surface area contributed by atoms with Crippen LogP contribution in [0.25, 0.3) is 0 Å². The molecule has 0 radical (unpaired) electrons. The number of allylic oxidation sites excluding steroid dienone is 2. The molecule has 1 amide bonds. The summed E-state index contributed by atoms with van der Waals surface area (Å²) in [7, 11) is 0. The smallest absolute Gasteiger partial charge is 0.225 e. The van der Waals surface area contributed by atoms with Gasteiger partial charge in [-0.25, -0.2) is 5.43 Å². The van der Waals surface area contributed by atoms with Crippen molar-refractivity contribution in [2.24, 2.45) is 0 Å². The molecule has 1 fully saturated rings. The van der Waals surface area contributed by atoms with Crippen LogP contribution >= 0.6 is 0 Å². The van der Waals surface area contributed by atoms with Crippen LogP contribution in [0.1, 0.15) is 59.3 Å². The van der Waals surface area contributed by atoms with Gasteiger partial charge in [-0.05, 0) is 72.2 Å². The minimum absolute atomic E-state index is 0.0850. The molecule has 1 unspecified atom stereocenters.